The second-order valence-electron chi connectivity index (χ2n) is 4.79. The molecular formula is C15H14FN3O2. The van der Waals surface area contributed by atoms with Crippen LogP contribution in [0.3, 0.4) is 0 Å². The molecule has 0 bridgehead atoms. The molecular weight excluding hydrogens is 273 g/mol. The Bertz CT molecular complexity index is 723. The predicted octanol–water partition coefficient (Wildman–Crippen LogP) is 2.51. The molecule has 0 radical (unpaired) electrons. The highest BCUT2D eigenvalue weighted by Crippen LogP contribution is 2.37. The Morgan fingerprint density at radius 1 is 1.38 bits per heavy atom. The highest BCUT2D eigenvalue weighted by molar-refractivity contribution is 6.33. The lowest BCUT2D eigenvalue weighted by molar-refractivity contribution is -0.111. The average molecular weight is 287 g/mol. The third kappa shape index (κ3) is 2.12. The van der Waals surface area contributed by atoms with Crippen molar-refractivity contribution in [3.05, 3.63) is 47.1 Å². The Morgan fingerprint density at radius 2 is 2.14 bits per heavy atom. The number of rotatable bonds is 2. The van der Waals surface area contributed by atoms with Gasteiger partial charge in [0.1, 0.15) is 23.2 Å². The SMILES string of the molecule is CCc1onc2c1N(C)C(=O)C=NC2c1ccccc1F. The Morgan fingerprint density at radius 3 is 2.86 bits per heavy atom. The molecule has 1 aromatic heterocycles. The maximum atomic E-state index is 14.1. The van der Waals surface area contributed by atoms with Gasteiger partial charge in [-0.05, 0) is 6.07 Å². The molecule has 1 aromatic carbocycles. The van der Waals surface area contributed by atoms with E-state index in [1.165, 1.54) is 17.2 Å². The number of nitrogens with zero attached hydrogens (tertiary/aromatic N) is 3. The quantitative estimate of drug-likeness (QED) is 0.852. The first-order chi connectivity index (χ1) is 10.1. The monoisotopic (exact) mass is 287 g/mol. The first-order valence-electron chi connectivity index (χ1n) is 6.67. The molecule has 0 aliphatic carbocycles. The Balaban J connectivity index is 2.21. The third-order valence-electron chi connectivity index (χ3n) is 3.54. The van der Waals surface area contributed by atoms with Gasteiger partial charge in [0.05, 0.1) is 6.21 Å². The summed E-state index contributed by atoms with van der Waals surface area (Å²) < 4.78 is 19.3. The fraction of sp³-hybridized carbons (Fsp3) is 0.267. The van der Waals surface area contributed by atoms with Crippen LogP contribution in [0, 0.1) is 5.82 Å². The number of aliphatic imine (C=N–C) groups is 1. The highest BCUT2D eigenvalue weighted by atomic mass is 19.1. The van der Waals surface area contributed by atoms with E-state index in [0.717, 1.165) is 0 Å². The Labute approximate surface area is 121 Å². The summed E-state index contributed by atoms with van der Waals surface area (Å²) in [4.78, 5) is 17.7. The summed E-state index contributed by atoms with van der Waals surface area (Å²) in [5.74, 6) is -0.0793. The first-order valence-corrected chi connectivity index (χ1v) is 6.67. The van der Waals surface area contributed by atoms with Gasteiger partial charge in [0.25, 0.3) is 5.91 Å². The van der Waals surface area contributed by atoms with E-state index in [4.69, 9.17) is 4.52 Å². The molecule has 0 N–H and O–H groups in total. The summed E-state index contributed by atoms with van der Waals surface area (Å²) in [5, 5.41) is 4.02. The van der Waals surface area contributed by atoms with E-state index in [0.29, 0.717) is 29.1 Å². The van der Waals surface area contributed by atoms with Gasteiger partial charge < -0.3 is 9.42 Å². The maximum Gasteiger partial charge on any atom is 0.268 e. The number of hydrogen-bond acceptors (Lipinski definition) is 4. The van der Waals surface area contributed by atoms with E-state index in [1.54, 1.807) is 25.2 Å². The standard InChI is InChI=1S/C15H14FN3O2/c1-3-11-15-14(18-21-11)13(17-8-12(20)19(15)2)9-6-4-5-7-10(9)16/h4-8,13H,3H2,1-2H3. The molecule has 1 unspecified atom stereocenters. The van der Waals surface area contributed by atoms with Crippen molar-refractivity contribution >= 4 is 17.8 Å². The number of benzene rings is 1. The van der Waals surface area contributed by atoms with Crippen molar-refractivity contribution in [1.29, 1.82) is 0 Å². The van der Waals surface area contributed by atoms with Crippen LogP contribution >= 0.6 is 0 Å². The van der Waals surface area contributed by atoms with Gasteiger partial charge in [0.2, 0.25) is 0 Å². The van der Waals surface area contributed by atoms with Gasteiger partial charge in [-0.3, -0.25) is 9.79 Å². The maximum absolute atomic E-state index is 14.1. The summed E-state index contributed by atoms with van der Waals surface area (Å²) >= 11 is 0. The zero-order chi connectivity index (χ0) is 15.0. The zero-order valence-corrected chi connectivity index (χ0v) is 11.7. The molecule has 1 aliphatic rings. The van der Waals surface area contributed by atoms with E-state index in [2.05, 4.69) is 10.1 Å². The lowest BCUT2D eigenvalue weighted by Crippen LogP contribution is -2.27. The van der Waals surface area contributed by atoms with Gasteiger partial charge in [-0.15, -0.1) is 0 Å². The topological polar surface area (TPSA) is 58.7 Å². The molecule has 21 heavy (non-hydrogen) atoms. The van der Waals surface area contributed by atoms with Crippen molar-refractivity contribution in [1.82, 2.24) is 5.16 Å². The number of amides is 1. The summed E-state index contributed by atoms with van der Waals surface area (Å²) in [6.07, 6.45) is 1.79. The van der Waals surface area contributed by atoms with E-state index in [-0.39, 0.29) is 11.7 Å². The van der Waals surface area contributed by atoms with Crippen molar-refractivity contribution in [3.63, 3.8) is 0 Å². The van der Waals surface area contributed by atoms with Crippen LogP contribution in [0.4, 0.5) is 10.1 Å². The van der Waals surface area contributed by atoms with E-state index in [1.807, 2.05) is 6.92 Å². The normalized spacial score (nSPS) is 17.8. The lowest BCUT2D eigenvalue weighted by Gasteiger charge is -2.15. The summed E-state index contributed by atoms with van der Waals surface area (Å²) in [6.45, 7) is 1.91. The summed E-state index contributed by atoms with van der Waals surface area (Å²) in [5.41, 5.74) is 1.41. The number of anilines is 1. The van der Waals surface area contributed by atoms with Crippen LogP contribution in [0.1, 0.15) is 30.0 Å². The van der Waals surface area contributed by atoms with Crippen molar-refractivity contribution in [2.45, 2.75) is 19.4 Å². The number of carbonyl (C=O) groups excluding carboxylic acids is 1. The molecule has 2 aromatic rings. The van der Waals surface area contributed by atoms with Crippen LogP contribution in [0.25, 0.3) is 0 Å². The van der Waals surface area contributed by atoms with Crippen LogP contribution in [-0.2, 0) is 11.2 Å². The Kier molecular flexibility index (Phi) is 3.29. The van der Waals surface area contributed by atoms with Crippen LogP contribution in [-0.4, -0.2) is 24.3 Å². The van der Waals surface area contributed by atoms with Gasteiger partial charge >= 0.3 is 0 Å². The van der Waals surface area contributed by atoms with Crippen LogP contribution in [0.5, 0.6) is 0 Å². The fourth-order valence-corrected chi connectivity index (χ4v) is 2.43. The van der Waals surface area contributed by atoms with Gasteiger partial charge in [0, 0.05) is 19.0 Å². The van der Waals surface area contributed by atoms with Gasteiger partial charge in [0.15, 0.2) is 5.76 Å². The largest absolute Gasteiger partial charge is 0.359 e. The second-order valence-corrected chi connectivity index (χ2v) is 4.79. The molecule has 0 spiro atoms. The number of aromatic nitrogens is 1. The summed E-state index contributed by atoms with van der Waals surface area (Å²) in [6, 6.07) is 5.65. The Hall–Kier alpha value is -2.50. The zero-order valence-electron chi connectivity index (χ0n) is 11.7. The van der Waals surface area contributed by atoms with Crippen molar-refractivity contribution in [2.24, 2.45) is 4.99 Å². The molecule has 6 heteroatoms. The first kappa shape index (κ1) is 13.5. The van der Waals surface area contributed by atoms with Gasteiger partial charge in [-0.25, -0.2) is 4.39 Å². The van der Waals surface area contributed by atoms with Gasteiger partial charge in [-0.2, -0.15) is 0 Å². The van der Waals surface area contributed by atoms with Crippen molar-refractivity contribution < 1.29 is 13.7 Å². The van der Waals surface area contributed by atoms with Crippen LogP contribution in [0.15, 0.2) is 33.8 Å². The molecule has 1 aliphatic heterocycles. The molecule has 5 nitrogen and oxygen atoms in total. The molecule has 108 valence electrons. The molecule has 0 saturated heterocycles. The highest BCUT2D eigenvalue weighted by Gasteiger charge is 2.32. The third-order valence-corrected chi connectivity index (χ3v) is 3.54. The number of aryl methyl sites for hydroxylation is 1. The number of fused-ring (bicyclic) bond motifs is 1. The average Bonchev–Trinajstić information content (AvgIpc) is 2.87. The number of carbonyl (C=O) groups is 1. The van der Waals surface area contributed by atoms with Crippen molar-refractivity contribution in [2.75, 3.05) is 11.9 Å². The smallest absolute Gasteiger partial charge is 0.268 e. The minimum absolute atomic E-state index is 0.284. The van der Waals surface area contributed by atoms with E-state index >= 15 is 0 Å². The van der Waals surface area contributed by atoms with E-state index in [9.17, 15) is 9.18 Å². The van der Waals surface area contributed by atoms with Crippen LogP contribution in [0.2, 0.25) is 0 Å². The molecule has 1 amide bonds. The van der Waals surface area contributed by atoms with E-state index < -0.39 is 6.04 Å². The molecule has 0 fully saturated rings. The fourth-order valence-electron chi connectivity index (χ4n) is 2.43. The lowest BCUT2D eigenvalue weighted by atomic mass is 10.0. The second kappa shape index (κ2) is 5.12. The van der Waals surface area contributed by atoms with Crippen molar-refractivity contribution in [3.8, 4) is 0 Å². The number of hydrogen-bond donors (Lipinski definition) is 0. The molecule has 0 saturated carbocycles. The predicted molar refractivity (Wildman–Crippen MR) is 76.0 cm³/mol. The minimum atomic E-state index is -0.681. The summed E-state index contributed by atoms with van der Waals surface area (Å²) in [7, 11) is 1.63. The molecule has 1 atom stereocenters. The minimum Gasteiger partial charge on any atom is -0.359 e. The molecule has 3 rings (SSSR count). The van der Waals surface area contributed by atoms with Gasteiger partial charge in [-0.1, -0.05) is 30.3 Å². The van der Waals surface area contributed by atoms with Crippen LogP contribution < -0.4 is 4.90 Å². The number of halogens is 1. The molecule has 2 heterocycles.